The second kappa shape index (κ2) is 5.12. The highest BCUT2D eigenvalue weighted by atomic mass is 16.2. The van der Waals surface area contributed by atoms with Crippen LogP contribution in [0.5, 0.6) is 0 Å². The number of hydrogen-bond donors (Lipinski definition) is 1. The van der Waals surface area contributed by atoms with E-state index in [1.807, 2.05) is 30.3 Å². The average Bonchev–Trinajstić information content (AvgIpc) is 3.05. The molecule has 0 bridgehead atoms. The van der Waals surface area contributed by atoms with E-state index in [9.17, 15) is 4.79 Å². The Morgan fingerprint density at radius 1 is 1.35 bits per heavy atom. The number of aromatic nitrogens is 2. The van der Waals surface area contributed by atoms with E-state index in [1.54, 1.807) is 12.4 Å². The molecule has 2 amide bonds. The van der Waals surface area contributed by atoms with Gasteiger partial charge in [-0.2, -0.15) is 0 Å². The largest absolute Gasteiger partial charge is 0.351 e. The van der Waals surface area contributed by atoms with Gasteiger partial charge in [-0.1, -0.05) is 0 Å². The van der Waals surface area contributed by atoms with Gasteiger partial charge in [-0.3, -0.25) is 9.88 Å². The number of hydrogen-bond acceptors (Lipinski definition) is 2. The Balaban J connectivity index is 1.70. The monoisotopic (exact) mass is 306 g/mol. The number of carbonyl (C=O) groups is 1. The first-order valence-corrected chi connectivity index (χ1v) is 7.71. The van der Waals surface area contributed by atoms with E-state index in [2.05, 4.69) is 40.0 Å². The number of benzene rings is 1. The molecule has 116 valence electrons. The lowest BCUT2D eigenvalue weighted by Gasteiger charge is -2.23. The van der Waals surface area contributed by atoms with Crippen molar-refractivity contribution in [3.8, 4) is 0 Å². The molecule has 23 heavy (non-hydrogen) atoms. The quantitative estimate of drug-likeness (QED) is 0.747. The molecule has 0 saturated carbocycles. The zero-order valence-electron chi connectivity index (χ0n) is 13.2. The molecular formula is C18H18N4O. The topological polar surface area (TPSA) is 50.2 Å². The smallest absolute Gasteiger partial charge is 0.326 e. The molecular weight excluding hydrogens is 288 g/mol. The summed E-state index contributed by atoms with van der Waals surface area (Å²) in [4.78, 5) is 18.6. The van der Waals surface area contributed by atoms with Gasteiger partial charge in [-0.15, -0.1) is 0 Å². The van der Waals surface area contributed by atoms with E-state index in [4.69, 9.17) is 0 Å². The summed E-state index contributed by atoms with van der Waals surface area (Å²) in [7, 11) is 2.04. The number of rotatable bonds is 1. The summed E-state index contributed by atoms with van der Waals surface area (Å²) in [5.41, 5.74) is 4.12. The Kier molecular flexibility index (Phi) is 3.08. The molecule has 1 aliphatic rings. The van der Waals surface area contributed by atoms with Crippen molar-refractivity contribution in [2.24, 2.45) is 7.05 Å². The number of nitrogens with one attached hydrogen (secondary N) is 1. The molecule has 0 radical (unpaired) electrons. The number of nitrogens with zero attached hydrogens (tertiary/aromatic N) is 3. The maximum absolute atomic E-state index is 12.7. The standard InChI is InChI=1S/C18H18N4O/c1-12-8-14-10-16-13(5-7-21(16)2)9-17(14)22(12)18(23)20-15-4-3-6-19-11-15/h3-7,9-12H,8H2,1-2H3,(H,20,23). The fourth-order valence-electron chi connectivity index (χ4n) is 3.31. The second-order valence-electron chi connectivity index (χ2n) is 6.06. The maximum atomic E-state index is 12.7. The summed E-state index contributed by atoms with van der Waals surface area (Å²) < 4.78 is 2.11. The summed E-state index contributed by atoms with van der Waals surface area (Å²) in [6.45, 7) is 2.08. The van der Waals surface area contributed by atoms with Gasteiger partial charge in [0.05, 0.1) is 11.9 Å². The van der Waals surface area contributed by atoms with Crippen LogP contribution in [0.15, 0.2) is 48.9 Å². The van der Waals surface area contributed by atoms with Gasteiger partial charge < -0.3 is 9.88 Å². The van der Waals surface area contributed by atoms with Crippen LogP contribution >= 0.6 is 0 Å². The van der Waals surface area contributed by atoms with E-state index < -0.39 is 0 Å². The molecule has 0 saturated heterocycles. The molecule has 5 nitrogen and oxygen atoms in total. The first-order valence-electron chi connectivity index (χ1n) is 7.71. The molecule has 2 aromatic heterocycles. The van der Waals surface area contributed by atoms with Crippen LogP contribution in [0.2, 0.25) is 0 Å². The molecule has 1 atom stereocenters. The molecule has 5 heteroatoms. The molecule has 0 spiro atoms. The molecule has 1 N–H and O–H groups in total. The Morgan fingerprint density at radius 3 is 3.00 bits per heavy atom. The Morgan fingerprint density at radius 2 is 2.22 bits per heavy atom. The van der Waals surface area contributed by atoms with Crippen molar-refractivity contribution >= 4 is 28.3 Å². The zero-order valence-corrected chi connectivity index (χ0v) is 13.2. The van der Waals surface area contributed by atoms with Gasteiger partial charge in [-0.25, -0.2) is 4.79 Å². The highest BCUT2D eigenvalue weighted by Gasteiger charge is 2.31. The van der Waals surface area contributed by atoms with E-state index in [-0.39, 0.29) is 12.1 Å². The van der Waals surface area contributed by atoms with Crippen molar-refractivity contribution in [2.45, 2.75) is 19.4 Å². The average molecular weight is 306 g/mol. The van der Waals surface area contributed by atoms with Crippen molar-refractivity contribution in [1.29, 1.82) is 0 Å². The van der Waals surface area contributed by atoms with Gasteiger partial charge >= 0.3 is 6.03 Å². The third kappa shape index (κ3) is 2.25. The summed E-state index contributed by atoms with van der Waals surface area (Å²) in [6.07, 6.45) is 6.26. The summed E-state index contributed by atoms with van der Waals surface area (Å²) >= 11 is 0. The Bertz CT molecular complexity index is 885. The highest BCUT2D eigenvalue weighted by molar-refractivity contribution is 6.05. The molecule has 1 aromatic carbocycles. The molecule has 0 fully saturated rings. The lowest BCUT2D eigenvalue weighted by molar-refractivity contribution is 0.256. The third-order valence-corrected chi connectivity index (χ3v) is 4.43. The fourth-order valence-corrected chi connectivity index (χ4v) is 3.31. The van der Waals surface area contributed by atoms with Gasteiger partial charge in [0.15, 0.2) is 0 Å². The number of urea groups is 1. The van der Waals surface area contributed by atoms with Gasteiger partial charge in [-0.05, 0) is 49.2 Å². The van der Waals surface area contributed by atoms with Crippen LogP contribution in [0.3, 0.4) is 0 Å². The Hall–Kier alpha value is -2.82. The lowest BCUT2D eigenvalue weighted by Crippen LogP contribution is -2.39. The van der Waals surface area contributed by atoms with E-state index in [1.165, 1.54) is 11.1 Å². The second-order valence-corrected chi connectivity index (χ2v) is 6.06. The maximum Gasteiger partial charge on any atom is 0.326 e. The first-order chi connectivity index (χ1) is 11.1. The van der Waals surface area contributed by atoms with E-state index in [0.717, 1.165) is 17.5 Å². The molecule has 0 aliphatic carbocycles. The van der Waals surface area contributed by atoms with E-state index in [0.29, 0.717) is 5.69 Å². The molecule has 1 aliphatic heterocycles. The SMILES string of the molecule is CC1Cc2cc3c(ccn3C)cc2N1C(=O)Nc1cccnc1. The number of anilines is 2. The lowest BCUT2D eigenvalue weighted by atomic mass is 10.1. The summed E-state index contributed by atoms with van der Waals surface area (Å²) in [5, 5.41) is 4.08. The number of pyridine rings is 1. The van der Waals surface area contributed by atoms with Crippen LogP contribution in [0.4, 0.5) is 16.2 Å². The molecule has 3 heterocycles. The first kappa shape index (κ1) is 13.8. The van der Waals surface area contributed by atoms with Gasteiger partial charge in [0.25, 0.3) is 0 Å². The van der Waals surface area contributed by atoms with Crippen LogP contribution in [0.25, 0.3) is 10.9 Å². The minimum Gasteiger partial charge on any atom is -0.351 e. The van der Waals surface area contributed by atoms with Crippen molar-refractivity contribution in [2.75, 3.05) is 10.2 Å². The summed E-state index contributed by atoms with van der Waals surface area (Å²) in [5.74, 6) is 0. The molecule has 4 rings (SSSR count). The van der Waals surface area contributed by atoms with Crippen molar-refractivity contribution < 1.29 is 4.79 Å². The van der Waals surface area contributed by atoms with Crippen LogP contribution in [-0.4, -0.2) is 21.6 Å². The third-order valence-electron chi connectivity index (χ3n) is 4.43. The van der Waals surface area contributed by atoms with Gasteiger partial charge in [0.2, 0.25) is 0 Å². The Labute approximate surface area is 134 Å². The van der Waals surface area contributed by atoms with Crippen LogP contribution < -0.4 is 10.2 Å². The van der Waals surface area contributed by atoms with Crippen molar-refractivity contribution in [3.63, 3.8) is 0 Å². The van der Waals surface area contributed by atoms with Gasteiger partial charge in [0.1, 0.15) is 0 Å². The minimum atomic E-state index is -0.112. The van der Waals surface area contributed by atoms with Crippen LogP contribution in [0.1, 0.15) is 12.5 Å². The number of amides is 2. The molecule has 3 aromatic rings. The van der Waals surface area contributed by atoms with E-state index >= 15 is 0 Å². The van der Waals surface area contributed by atoms with Crippen molar-refractivity contribution in [1.82, 2.24) is 9.55 Å². The number of carbonyl (C=O) groups excluding carboxylic acids is 1. The zero-order chi connectivity index (χ0) is 16.0. The minimum absolute atomic E-state index is 0.112. The van der Waals surface area contributed by atoms with Gasteiger partial charge in [0, 0.05) is 42.1 Å². The van der Waals surface area contributed by atoms with Crippen molar-refractivity contribution in [3.05, 3.63) is 54.5 Å². The normalized spacial score (nSPS) is 16.6. The fraction of sp³-hybridized carbons (Fsp3) is 0.222. The number of fused-ring (bicyclic) bond motifs is 2. The predicted octanol–water partition coefficient (Wildman–Crippen LogP) is 3.56. The highest BCUT2D eigenvalue weighted by Crippen LogP contribution is 2.36. The van der Waals surface area contributed by atoms with Crippen LogP contribution in [-0.2, 0) is 13.5 Å². The molecule has 1 unspecified atom stereocenters. The summed E-state index contributed by atoms with van der Waals surface area (Å²) in [6, 6.07) is 10.1. The predicted molar refractivity (Wildman–Crippen MR) is 91.8 cm³/mol. The van der Waals surface area contributed by atoms with Crippen LogP contribution in [0, 0.1) is 0 Å². The number of aryl methyl sites for hydroxylation is 1.